The van der Waals surface area contributed by atoms with Crippen molar-refractivity contribution >= 4 is 33.2 Å². The molecule has 5 rings (SSSR count). The Morgan fingerprint density at radius 3 is 2.49 bits per heavy atom. The van der Waals surface area contributed by atoms with E-state index in [0.717, 1.165) is 0 Å². The summed E-state index contributed by atoms with van der Waals surface area (Å²) in [5.74, 6) is -3.37. The number of nitrogens with one attached hydrogen (secondary N) is 1. The summed E-state index contributed by atoms with van der Waals surface area (Å²) < 4.78 is 55.5. The number of rotatable bonds is 6. The van der Waals surface area contributed by atoms with Crippen LogP contribution >= 0.6 is 0 Å². The van der Waals surface area contributed by atoms with E-state index in [4.69, 9.17) is 4.74 Å². The maximum absolute atomic E-state index is 13.5. The molecule has 1 saturated heterocycles. The van der Waals surface area contributed by atoms with Crippen molar-refractivity contribution in [2.75, 3.05) is 23.0 Å². The molecule has 3 aliphatic rings. The Bertz CT molecular complexity index is 1380. The van der Waals surface area contributed by atoms with Crippen LogP contribution in [0.15, 0.2) is 36.5 Å². The van der Waals surface area contributed by atoms with Crippen LogP contribution in [0.25, 0.3) is 0 Å². The van der Waals surface area contributed by atoms with Crippen molar-refractivity contribution in [2.24, 2.45) is 5.92 Å². The van der Waals surface area contributed by atoms with Crippen LogP contribution in [0.1, 0.15) is 56.0 Å². The number of nitrogens with zero attached hydrogens (tertiary/aromatic N) is 2. The van der Waals surface area contributed by atoms with Crippen molar-refractivity contribution in [3.05, 3.63) is 47.7 Å². The van der Waals surface area contributed by atoms with Crippen LogP contribution in [0.2, 0.25) is 0 Å². The van der Waals surface area contributed by atoms with Crippen LogP contribution in [0.3, 0.4) is 0 Å². The number of ether oxygens (including phenoxy) is 1. The monoisotopic (exact) mass is 533 g/mol. The van der Waals surface area contributed by atoms with Gasteiger partial charge in [-0.2, -0.15) is 0 Å². The van der Waals surface area contributed by atoms with E-state index in [-0.39, 0.29) is 36.3 Å². The van der Waals surface area contributed by atoms with Crippen LogP contribution in [0.4, 0.5) is 20.3 Å². The van der Waals surface area contributed by atoms with Crippen molar-refractivity contribution in [1.29, 1.82) is 0 Å². The third kappa shape index (κ3) is 4.81. The number of hydrogen-bond donors (Lipinski definition) is 1. The van der Waals surface area contributed by atoms with Crippen LogP contribution in [0.5, 0.6) is 5.75 Å². The lowest BCUT2D eigenvalue weighted by Crippen LogP contribution is -2.50. The van der Waals surface area contributed by atoms with Gasteiger partial charge < -0.3 is 10.1 Å². The number of alkyl halides is 2. The Morgan fingerprint density at radius 2 is 1.84 bits per heavy atom. The average molecular weight is 534 g/mol. The van der Waals surface area contributed by atoms with Crippen molar-refractivity contribution in [1.82, 2.24) is 10.3 Å². The summed E-state index contributed by atoms with van der Waals surface area (Å²) in [6.45, 7) is 5.25. The van der Waals surface area contributed by atoms with Gasteiger partial charge in [0, 0.05) is 29.8 Å². The van der Waals surface area contributed by atoms with Crippen molar-refractivity contribution < 1.29 is 31.5 Å². The molecule has 1 unspecified atom stereocenters. The van der Waals surface area contributed by atoms with E-state index in [2.05, 4.69) is 10.3 Å². The maximum atomic E-state index is 13.5. The minimum absolute atomic E-state index is 0.0311. The number of carbonyl (C=O) groups excluding carboxylic acids is 2. The second kappa shape index (κ2) is 8.47. The first-order valence-corrected chi connectivity index (χ1v) is 14.0. The zero-order valence-corrected chi connectivity index (χ0v) is 21.7. The number of halogens is 2. The number of hydrogen-bond acceptors (Lipinski definition) is 6. The summed E-state index contributed by atoms with van der Waals surface area (Å²) in [6, 6.07) is 8.09. The van der Waals surface area contributed by atoms with Gasteiger partial charge in [-0.05, 0) is 63.4 Å². The Kier molecular flexibility index (Phi) is 5.85. The Morgan fingerprint density at radius 1 is 1.16 bits per heavy atom. The van der Waals surface area contributed by atoms with E-state index >= 15 is 0 Å². The largest absolute Gasteiger partial charge is 0.493 e. The molecule has 0 bridgehead atoms. The normalized spacial score (nSPS) is 24.3. The standard InChI is InChI=1S/C26H29F2N3O5S/c1-24(2)19-12-16(22(32)30-25(3)7-10-37(34,35)11-8-25)4-5-20(19)31(23(24)33)21-13-18(6-9-29-21)36-15-17-14-26(17,27)28/h4-6,9,12-13,17H,7-8,10-11,14-15H2,1-3H3,(H,30,32). The van der Waals surface area contributed by atoms with Crippen molar-refractivity contribution in [3.8, 4) is 5.75 Å². The molecule has 1 aliphatic carbocycles. The number of fused-ring (bicyclic) bond motifs is 1. The molecular weight excluding hydrogens is 504 g/mol. The first-order chi connectivity index (χ1) is 17.2. The van der Waals surface area contributed by atoms with Gasteiger partial charge in [0.05, 0.1) is 35.1 Å². The topological polar surface area (TPSA) is 106 Å². The SMILES string of the molecule is CC1(NC(=O)c2ccc3c(c2)C(C)(C)C(=O)N3c2cc(OCC3CC3(F)F)ccn2)CCS(=O)(=O)CC1. The van der Waals surface area contributed by atoms with Crippen LogP contribution in [-0.4, -0.2) is 54.8 Å². The predicted octanol–water partition coefficient (Wildman–Crippen LogP) is 3.77. The molecule has 1 saturated carbocycles. The molecule has 2 amide bonds. The molecule has 3 heterocycles. The molecule has 1 aromatic heterocycles. The minimum Gasteiger partial charge on any atom is -0.493 e. The Labute approximate surface area is 214 Å². The zero-order valence-electron chi connectivity index (χ0n) is 20.9. The van der Waals surface area contributed by atoms with Gasteiger partial charge in [-0.15, -0.1) is 0 Å². The Balaban J connectivity index is 1.37. The molecule has 1 N–H and O–H groups in total. The fraction of sp³-hybridized carbons (Fsp3) is 0.500. The van der Waals surface area contributed by atoms with Crippen molar-refractivity contribution in [2.45, 2.75) is 56.9 Å². The summed E-state index contributed by atoms with van der Waals surface area (Å²) in [6.07, 6.45) is 1.95. The fourth-order valence-electron chi connectivity index (χ4n) is 4.82. The van der Waals surface area contributed by atoms with Gasteiger partial charge >= 0.3 is 0 Å². The number of benzene rings is 1. The molecule has 8 nitrogen and oxygen atoms in total. The smallest absolute Gasteiger partial charge is 0.255 e. The third-order valence-electron chi connectivity index (χ3n) is 7.61. The number of pyridine rings is 1. The molecule has 1 atom stereocenters. The number of anilines is 2. The van der Waals surface area contributed by atoms with Crippen LogP contribution in [-0.2, 0) is 20.0 Å². The summed E-state index contributed by atoms with van der Waals surface area (Å²) >= 11 is 0. The average Bonchev–Trinajstić information content (AvgIpc) is 3.40. The van der Waals surface area contributed by atoms with Gasteiger partial charge in [0.1, 0.15) is 21.4 Å². The van der Waals surface area contributed by atoms with Gasteiger partial charge in [0.25, 0.3) is 11.8 Å². The molecule has 0 spiro atoms. The zero-order chi connectivity index (χ0) is 26.8. The lowest BCUT2D eigenvalue weighted by atomic mass is 9.85. The summed E-state index contributed by atoms with van der Waals surface area (Å²) in [5, 5.41) is 2.98. The second-order valence-corrected chi connectivity index (χ2v) is 13.3. The Hall–Kier alpha value is -3.08. The van der Waals surface area contributed by atoms with Gasteiger partial charge in [-0.3, -0.25) is 14.5 Å². The highest BCUT2D eigenvalue weighted by atomic mass is 32.2. The van der Waals surface area contributed by atoms with Crippen LogP contribution in [0, 0.1) is 5.92 Å². The molecule has 198 valence electrons. The number of aromatic nitrogens is 1. The highest BCUT2D eigenvalue weighted by molar-refractivity contribution is 7.91. The molecule has 0 radical (unpaired) electrons. The van der Waals surface area contributed by atoms with Gasteiger partial charge in [0.2, 0.25) is 5.91 Å². The lowest BCUT2D eigenvalue weighted by Gasteiger charge is -2.34. The quantitative estimate of drug-likeness (QED) is 0.606. The summed E-state index contributed by atoms with van der Waals surface area (Å²) in [4.78, 5) is 32.3. The maximum Gasteiger partial charge on any atom is 0.255 e. The van der Waals surface area contributed by atoms with Crippen molar-refractivity contribution in [3.63, 3.8) is 0 Å². The summed E-state index contributed by atoms with van der Waals surface area (Å²) in [7, 11) is -3.07. The lowest BCUT2D eigenvalue weighted by molar-refractivity contribution is -0.121. The van der Waals surface area contributed by atoms with E-state index in [1.807, 2.05) is 6.92 Å². The van der Waals surface area contributed by atoms with E-state index in [1.54, 1.807) is 44.2 Å². The molecule has 37 heavy (non-hydrogen) atoms. The number of sulfone groups is 1. The minimum atomic E-state index is -3.07. The first kappa shape index (κ1) is 25.6. The van der Waals surface area contributed by atoms with Gasteiger partial charge in [0.15, 0.2) is 0 Å². The van der Waals surface area contributed by atoms with Gasteiger partial charge in [-0.1, -0.05) is 0 Å². The predicted molar refractivity (Wildman–Crippen MR) is 133 cm³/mol. The number of amides is 2. The molecule has 2 aliphatic heterocycles. The van der Waals surface area contributed by atoms with Gasteiger partial charge in [-0.25, -0.2) is 22.2 Å². The van der Waals surface area contributed by atoms with E-state index < -0.39 is 32.6 Å². The molecule has 2 aromatic rings. The fourth-order valence-corrected chi connectivity index (χ4v) is 6.55. The molecule has 1 aromatic carbocycles. The molecule has 11 heteroatoms. The highest BCUT2D eigenvalue weighted by Crippen LogP contribution is 2.49. The van der Waals surface area contributed by atoms with E-state index in [9.17, 15) is 26.8 Å². The second-order valence-electron chi connectivity index (χ2n) is 11.0. The van der Waals surface area contributed by atoms with E-state index in [0.29, 0.717) is 41.2 Å². The third-order valence-corrected chi connectivity index (χ3v) is 9.26. The first-order valence-electron chi connectivity index (χ1n) is 12.2. The van der Waals surface area contributed by atoms with E-state index in [1.165, 1.54) is 11.1 Å². The van der Waals surface area contributed by atoms with Crippen LogP contribution < -0.4 is 15.0 Å². The molecule has 2 fully saturated rings. The summed E-state index contributed by atoms with van der Waals surface area (Å²) in [5.41, 5.74) is -0.00454. The number of carbonyl (C=O) groups is 2. The molecular formula is C26H29F2N3O5S. The highest BCUT2D eigenvalue weighted by Gasteiger charge is 2.57.